The number of fused-ring (bicyclic) bond motifs is 1. The molecule has 210 valence electrons. The SMILES string of the molecule is C.Cl.O=C(O)[C@H]1CCCN(CC2=Cc3c(F)cc(OCc4ccc(OC(CF)CF)c(Cl)c4)cc3OC2)C1. The van der Waals surface area contributed by atoms with E-state index in [0.29, 0.717) is 36.4 Å². The minimum absolute atomic E-state index is 0. The van der Waals surface area contributed by atoms with Crippen molar-refractivity contribution in [2.75, 3.05) is 39.6 Å². The van der Waals surface area contributed by atoms with Gasteiger partial charge in [0, 0.05) is 25.2 Å². The van der Waals surface area contributed by atoms with Crippen molar-refractivity contribution >= 4 is 36.1 Å². The Labute approximate surface area is 231 Å². The fraction of sp³-hybridized carbons (Fsp3) is 0.444. The molecule has 0 unspecified atom stereocenters. The van der Waals surface area contributed by atoms with Crippen LogP contribution >= 0.6 is 24.0 Å². The number of aliphatic carboxylic acids is 1. The molecular weight excluding hydrogens is 546 g/mol. The molecule has 2 aliphatic heterocycles. The Morgan fingerprint density at radius 1 is 1.24 bits per heavy atom. The minimum Gasteiger partial charge on any atom is -0.489 e. The van der Waals surface area contributed by atoms with Crippen LogP contribution in [0, 0.1) is 11.7 Å². The van der Waals surface area contributed by atoms with Gasteiger partial charge >= 0.3 is 5.97 Å². The molecule has 0 spiro atoms. The highest BCUT2D eigenvalue weighted by Crippen LogP contribution is 2.34. The summed E-state index contributed by atoms with van der Waals surface area (Å²) in [5.74, 6) is -0.859. The quantitative estimate of drug-likeness (QED) is 0.353. The Balaban J connectivity index is 0.00000253. The summed E-state index contributed by atoms with van der Waals surface area (Å²) in [6, 6.07) is 7.59. The molecule has 2 aromatic rings. The first-order valence-electron chi connectivity index (χ1n) is 11.7. The van der Waals surface area contributed by atoms with Crippen LogP contribution in [0.3, 0.4) is 0 Å². The van der Waals surface area contributed by atoms with E-state index in [1.54, 1.807) is 24.3 Å². The van der Waals surface area contributed by atoms with E-state index >= 15 is 0 Å². The van der Waals surface area contributed by atoms with Crippen molar-refractivity contribution in [3.05, 3.63) is 57.9 Å². The summed E-state index contributed by atoms with van der Waals surface area (Å²) in [5.41, 5.74) is 1.86. The number of hydrogen-bond donors (Lipinski definition) is 1. The maximum absolute atomic E-state index is 14.9. The van der Waals surface area contributed by atoms with Gasteiger partial charge in [0.05, 0.1) is 16.5 Å². The average Bonchev–Trinajstić information content (AvgIpc) is 2.87. The summed E-state index contributed by atoms with van der Waals surface area (Å²) in [5, 5.41) is 9.47. The molecule has 2 aromatic carbocycles. The second kappa shape index (κ2) is 14.5. The van der Waals surface area contributed by atoms with Crippen molar-refractivity contribution in [3.8, 4) is 17.2 Å². The van der Waals surface area contributed by atoms with Gasteiger partial charge in [0.15, 0.2) is 6.10 Å². The highest BCUT2D eigenvalue weighted by molar-refractivity contribution is 6.32. The van der Waals surface area contributed by atoms with Gasteiger partial charge in [-0.3, -0.25) is 9.69 Å². The monoisotopic (exact) mass is 577 g/mol. The lowest BCUT2D eigenvalue weighted by Crippen LogP contribution is -2.40. The van der Waals surface area contributed by atoms with Crippen LogP contribution < -0.4 is 14.2 Å². The van der Waals surface area contributed by atoms with Gasteiger partial charge < -0.3 is 19.3 Å². The van der Waals surface area contributed by atoms with Crippen LogP contribution in [-0.4, -0.2) is 61.7 Å². The van der Waals surface area contributed by atoms with Crippen molar-refractivity contribution in [2.24, 2.45) is 5.92 Å². The molecule has 0 radical (unpaired) electrons. The molecule has 1 saturated heterocycles. The van der Waals surface area contributed by atoms with Gasteiger partial charge in [0.25, 0.3) is 0 Å². The molecule has 6 nitrogen and oxygen atoms in total. The number of carbonyl (C=O) groups is 1. The summed E-state index contributed by atoms with van der Waals surface area (Å²) >= 11 is 6.15. The van der Waals surface area contributed by atoms with E-state index in [2.05, 4.69) is 4.90 Å². The van der Waals surface area contributed by atoms with Gasteiger partial charge in [-0.1, -0.05) is 25.1 Å². The summed E-state index contributed by atoms with van der Waals surface area (Å²) in [7, 11) is 0. The molecule has 11 heteroatoms. The molecule has 1 fully saturated rings. The number of alkyl halides is 2. The van der Waals surface area contributed by atoms with Crippen molar-refractivity contribution in [1.82, 2.24) is 4.90 Å². The van der Waals surface area contributed by atoms with Crippen LogP contribution in [0.15, 0.2) is 35.9 Å². The number of carboxylic acid groups (broad SMARTS) is 1. The van der Waals surface area contributed by atoms with Crippen molar-refractivity contribution in [1.29, 1.82) is 0 Å². The maximum atomic E-state index is 14.9. The molecule has 1 atom stereocenters. The summed E-state index contributed by atoms with van der Waals surface area (Å²) in [4.78, 5) is 13.4. The van der Waals surface area contributed by atoms with Crippen molar-refractivity contribution < 1.29 is 37.3 Å². The fourth-order valence-electron chi connectivity index (χ4n) is 4.29. The van der Waals surface area contributed by atoms with Gasteiger partial charge in [-0.15, -0.1) is 12.4 Å². The van der Waals surface area contributed by atoms with E-state index < -0.39 is 31.2 Å². The number of likely N-dealkylation sites (tertiary alicyclic amines) is 1. The minimum atomic E-state index is -1.21. The predicted molar refractivity (Wildman–Crippen MR) is 143 cm³/mol. The standard InChI is InChI=1S/C26H27ClF3NO5.CH4.ClH/c27-22-7-16(3-4-24(22)36-20(10-28)11-29)14-34-19-8-23(30)21-6-17(15-35-25(21)9-19)12-31-5-1-2-18(13-31)26(32)33;;/h3-4,6-9,18,20H,1-2,5,10-15H2,(H,32,33);1H4;1H/t18-;;/m0../s1. The topological polar surface area (TPSA) is 68.2 Å². The van der Waals surface area contributed by atoms with Gasteiger partial charge in [-0.25, -0.2) is 13.2 Å². The van der Waals surface area contributed by atoms with E-state index in [1.165, 1.54) is 12.1 Å². The van der Waals surface area contributed by atoms with E-state index in [-0.39, 0.29) is 55.5 Å². The largest absolute Gasteiger partial charge is 0.489 e. The van der Waals surface area contributed by atoms with Gasteiger partial charge in [-0.05, 0) is 48.7 Å². The highest BCUT2D eigenvalue weighted by Gasteiger charge is 2.27. The Morgan fingerprint density at radius 3 is 2.68 bits per heavy atom. The zero-order valence-corrected chi connectivity index (χ0v) is 21.5. The van der Waals surface area contributed by atoms with Gasteiger partial charge in [0.1, 0.15) is 49.6 Å². The molecule has 1 N–H and O–H groups in total. The zero-order valence-electron chi connectivity index (χ0n) is 19.9. The Bertz CT molecular complexity index is 1130. The number of nitrogens with zero attached hydrogens (tertiary/aromatic N) is 1. The fourth-order valence-corrected chi connectivity index (χ4v) is 4.54. The van der Waals surface area contributed by atoms with E-state index in [9.17, 15) is 23.1 Å². The van der Waals surface area contributed by atoms with Crippen LogP contribution in [0.4, 0.5) is 13.2 Å². The first-order chi connectivity index (χ1) is 17.4. The highest BCUT2D eigenvalue weighted by atomic mass is 35.5. The summed E-state index contributed by atoms with van der Waals surface area (Å²) in [6.07, 6.45) is 2.03. The van der Waals surface area contributed by atoms with E-state index in [4.69, 9.17) is 25.8 Å². The van der Waals surface area contributed by atoms with Crippen LogP contribution in [0.2, 0.25) is 5.02 Å². The molecule has 0 aromatic heterocycles. The summed E-state index contributed by atoms with van der Waals surface area (Å²) in [6.45, 7) is 0.214. The number of halogens is 5. The van der Waals surface area contributed by atoms with E-state index in [1.807, 2.05) is 0 Å². The van der Waals surface area contributed by atoms with Crippen LogP contribution in [0.1, 0.15) is 31.4 Å². The molecule has 2 heterocycles. The number of carboxylic acids is 1. The molecule has 38 heavy (non-hydrogen) atoms. The Morgan fingerprint density at radius 2 is 2.00 bits per heavy atom. The maximum Gasteiger partial charge on any atom is 0.307 e. The van der Waals surface area contributed by atoms with Gasteiger partial charge in [0.2, 0.25) is 0 Å². The van der Waals surface area contributed by atoms with E-state index in [0.717, 1.165) is 18.5 Å². The zero-order chi connectivity index (χ0) is 25.7. The number of piperidine rings is 1. The lowest BCUT2D eigenvalue weighted by molar-refractivity contribution is -0.143. The Hall–Kier alpha value is -2.62. The van der Waals surface area contributed by atoms with Gasteiger partial charge in [-0.2, -0.15) is 0 Å². The molecule has 0 saturated carbocycles. The average molecular weight is 578 g/mol. The Kier molecular flexibility index (Phi) is 12.1. The molecule has 0 aliphatic carbocycles. The second-order valence-electron chi connectivity index (χ2n) is 8.92. The third-order valence-electron chi connectivity index (χ3n) is 6.15. The first kappa shape index (κ1) is 31.6. The van der Waals surface area contributed by atoms with Crippen LogP contribution in [0.5, 0.6) is 17.2 Å². The number of ether oxygens (including phenoxy) is 3. The lowest BCUT2D eigenvalue weighted by atomic mass is 9.97. The third kappa shape index (κ3) is 7.94. The smallest absolute Gasteiger partial charge is 0.307 e. The number of hydrogen-bond acceptors (Lipinski definition) is 5. The van der Waals surface area contributed by atoms with Crippen molar-refractivity contribution in [3.63, 3.8) is 0 Å². The lowest BCUT2D eigenvalue weighted by Gasteiger charge is -2.32. The third-order valence-corrected chi connectivity index (χ3v) is 6.44. The second-order valence-corrected chi connectivity index (χ2v) is 9.33. The van der Waals surface area contributed by atoms with Crippen LogP contribution in [-0.2, 0) is 11.4 Å². The molecule has 0 bridgehead atoms. The molecule has 0 amide bonds. The number of benzene rings is 2. The number of rotatable bonds is 10. The predicted octanol–water partition coefficient (Wildman–Crippen LogP) is 6.37. The first-order valence-corrected chi connectivity index (χ1v) is 12.0. The molecule has 2 aliphatic rings. The molecular formula is C27H32Cl2F3NO5. The van der Waals surface area contributed by atoms with Crippen LogP contribution in [0.25, 0.3) is 6.08 Å². The van der Waals surface area contributed by atoms with Crippen molar-refractivity contribution in [2.45, 2.75) is 33.0 Å². The molecule has 4 rings (SSSR count). The normalized spacial score (nSPS) is 16.9. The summed E-state index contributed by atoms with van der Waals surface area (Å²) < 4.78 is 57.0.